The monoisotopic (exact) mass is 226 g/mol. The van der Waals surface area contributed by atoms with E-state index in [0.29, 0.717) is 5.02 Å². The van der Waals surface area contributed by atoms with Crippen LogP contribution in [0.5, 0.6) is 5.75 Å². The van der Waals surface area contributed by atoms with E-state index in [-0.39, 0.29) is 5.75 Å². The molecule has 0 unspecified atom stereocenters. The van der Waals surface area contributed by atoms with Gasteiger partial charge in [-0.15, -0.1) is 0 Å². The lowest BCUT2D eigenvalue weighted by molar-refractivity contribution is 0.503. The fourth-order valence-electron chi connectivity index (χ4n) is 0.605. The zero-order chi connectivity index (χ0) is 9.19. The van der Waals surface area contributed by atoms with E-state index in [4.69, 9.17) is 22.3 Å². The van der Waals surface area contributed by atoms with Crippen LogP contribution in [0.1, 0.15) is 0 Å². The lowest BCUT2D eigenvalue weighted by atomic mass is 10.3. The molecule has 0 radical (unpaired) electrons. The summed E-state index contributed by atoms with van der Waals surface area (Å²) in [5.41, 5.74) is 0. The van der Waals surface area contributed by atoms with E-state index in [9.17, 15) is 8.42 Å². The molecule has 0 N–H and O–H groups in total. The summed E-state index contributed by atoms with van der Waals surface area (Å²) < 4.78 is 25.1. The van der Waals surface area contributed by atoms with E-state index < -0.39 is 9.33 Å². The van der Waals surface area contributed by atoms with Crippen molar-refractivity contribution in [1.29, 1.82) is 0 Å². The highest BCUT2D eigenvalue weighted by Crippen LogP contribution is 2.17. The van der Waals surface area contributed by atoms with Crippen molar-refractivity contribution in [3.8, 4) is 5.75 Å². The molecule has 0 aliphatic carbocycles. The molecule has 0 amide bonds. The zero-order valence-corrected chi connectivity index (χ0v) is 8.03. The normalized spacial score (nSPS) is 11.2. The highest BCUT2D eigenvalue weighted by molar-refractivity contribution is 8.10. The van der Waals surface area contributed by atoms with Crippen LogP contribution in [0.4, 0.5) is 0 Å². The molecule has 0 fully saturated rings. The Bertz CT molecular complexity index is 357. The standard InChI is InChI=1S/C6H4Cl2O3S/c7-5-1-3-6(4-2-5)11-12(8,9)10/h1-4H. The van der Waals surface area contributed by atoms with Crippen molar-refractivity contribution < 1.29 is 12.6 Å². The van der Waals surface area contributed by atoms with E-state index in [1.807, 2.05) is 0 Å². The van der Waals surface area contributed by atoms with E-state index >= 15 is 0 Å². The van der Waals surface area contributed by atoms with Gasteiger partial charge in [-0.05, 0) is 24.3 Å². The van der Waals surface area contributed by atoms with Crippen molar-refractivity contribution in [3.63, 3.8) is 0 Å². The third-order valence-electron chi connectivity index (χ3n) is 1.01. The topological polar surface area (TPSA) is 43.4 Å². The van der Waals surface area contributed by atoms with Crippen molar-refractivity contribution >= 4 is 31.6 Å². The Balaban J connectivity index is 2.85. The highest BCUT2D eigenvalue weighted by Gasteiger charge is 2.05. The quantitative estimate of drug-likeness (QED) is 0.727. The summed E-state index contributed by atoms with van der Waals surface area (Å²) in [6, 6.07) is 5.81. The van der Waals surface area contributed by atoms with Crippen molar-refractivity contribution in [2.45, 2.75) is 0 Å². The molecule has 0 saturated carbocycles. The van der Waals surface area contributed by atoms with Gasteiger partial charge in [0.25, 0.3) is 0 Å². The van der Waals surface area contributed by atoms with Crippen LogP contribution in [0.3, 0.4) is 0 Å². The van der Waals surface area contributed by atoms with E-state index in [0.717, 1.165) is 0 Å². The molecule has 66 valence electrons. The maximum absolute atomic E-state index is 10.4. The van der Waals surface area contributed by atoms with Gasteiger partial charge in [-0.2, -0.15) is 8.42 Å². The number of halogens is 2. The summed E-state index contributed by atoms with van der Waals surface area (Å²) in [5.74, 6) is 0.134. The van der Waals surface area contributed by atoms with Gasteiger partial charge in [-0.3, -0.25) is 0 Å². The number of rotatable bonds is 2. The first-order chi connectivity index (χ1) is 5.47. The lowest BCUT2D eigenvalue weighted by Crippen LogP contribution is -1.99. The lowest BCUT2D eigenvalue weighted by Gasteiger charge is -1.99. The molecule has 0 aliphatic rings. The first-order valence-electron chi connectivity index (χ1n) is 2.87. The van der Waals surface area contributed by atoms with Crippen LogP contribution in [0.25, 0.3) is 0 Å². The third kappa shape index (κ3) is 3.30. The van der Waals surface area contributed by atoms with Crippen molar-refractivity contribution in [2.24, 2.45) is 0 Å². The van der Waals surface area contributed by atoms with Gasteiger partial charge in [-0.1, -0.05) is 11.6 Å². The molecule has 0 aromatic heterocycles. The van der Waals surface area contributed by atoms with Crippen molar-refractivity contribution in [2.75, 3.05) is 0 Å². The van der Waals surface area contributed by atoms with E-state index in [1.165, 1.54) is 24.3 Å². The Labute approximate surface area is 79.5 Å². The number of benzene rings is 1. The fourth-order valence-corrected chi connectivity index (χ4v) is 1.29. The molecule has 6 heteroatoms. The summed E-state index contributed by atoms with van der Waals surface area (Å²) in [6.45, 7) is 0. The van der Waals surface area contributed by atoms with Gasteiger partial charge in [0.1, 0.15) is 5.75 Å². The van der Waals surface area contributed by atoms with E-state index in [1.54, 1.807) is 0 Å². The summed E-state index contributed by atoms with van der Waals surface area (Å²) >= 11 is 5.54. The van der Waals surface area contributed by atoms with Crippen LogP contribution in [0, 0.1) is 0 Å². The van der Waals surface area contributed by atoms with Gasteiger partial charge < -0.3 is 4.18 Å². The average Bonchev–Trinajstić information content (AvgIpc) is 1.91. The Morgan fingerprint density at radius 2 is 1.67 bits per heavy atom. The predicted molar refractivity (Wildman–Crippen MR) is 46.9 cm³/mol. The smallest absolute Gasteiger partial charge is 0.371 e. The van der Waals surface area contributed by atoms with Gasteiger partial charge in [0.05, 0.1) is 10.7 Å². The SMILES string of the molecule is O=S(=O)(Cl)Oc1ccc(Cl)cc1. The van der Waals surface area contributed by atoms with Crippen LogP contribution >= 0.6 is 22.3 Å². The molecule has 1 rings (SSSR count). The molecule has 1 aromatic rings. The molecular weight excluding hydrogens is 223 g/mol. The minimum atomic E-state index is -3.96. The van der Waals surface area contributed by atoms with Crippen LogP contribution in [-0.4, -0.2) is 8.42 Å². The van der Waals surface area contributed by atoms with Crippen molar-refractivity contribution in [3.05, 3.63) is 29.3 Å². The van der Waals surface area contributed by atoms with Gasteiger partial charge in [-0.25, -0.2) is 0 Å². The number of hydrogen-bond donors (Lipinski definition) is 0. The van der Waals surface area contributed by atoms with Crippen LogP contribution in [0.2, 0.25) is 5.02 Å². The molecule has 12 heavy (non-hydrogen) atoms. The summed E-state index contributed by atoms with van der Waals surface area (Å²) in [5, 5.41) is 0.495. The average molecular weight is 227 g/mol. The van der Waals surface area contributed by atoms with E-state index in [2.05, 4.69) is 4.18 Å². The largest absolute Gasteiger partial charge is 0.401 e. The molecule has 0 bridgehead atoms. The summed E-state index contributed by atoms with van der Waals surface area (Å²) in [4.78, 5) is 0. The summed E-state index contributed by atoms with van der Waals surface area (Å²) in [6.07, 6.45) is 0. The molecule has 3 nitrogen and oxygen atoms in total. The van der Waals surface area contributed by atoms with Crippen LogP contribution in [-0.2, 0) is 9.33 Å². The molecule has 0 aliphatic heterocycles. The minimum absolute atomic E-state index is 0.134. The van der Waals surface area contributed by atoms with Crippen LogP contribution < -0.4 is 4.18 Å². The van der Waals surface area contributed by atoms with Crippen LogP contribution in [0.15, 0.2) is 24.3 Å². The Morgan fingerprint density at radius 1 is 1.17 bits per heavy atom. The van der Waals surface area contributed by atoms with Gasteiger partial charge >= 0.3 is 9.33 Å². The molecular formula is C6H4Cl2O3S. The molecule has 0 heterocycles. The Hall–Kier alpha value is -0.450. The Morgan fingerprint density at radius 3 is 2.08 bits per heavy atom. The van der Waals surface area contributed by atoms with Gasteiger partial charge in [0.15, 0.2) is 0 Å². The molecule has 0 spiro atoms. The van der Waals surface area contributed by atoms with Crippen molar-refractivity contribution in [1.82, 2.24) is 0 Å². The minimum Gasteiger partial charge on any atom is -0.371 e. The maximum Gasteiger partial charge on any atom is 0.401 e. The molecule has 0 atom stereocenters. The highest BCUT2D eigenvalue weighted by atomic mass is 35.7. The third-order valence-corrected chi connectivity index (χ3v) is 1.84. The first kappa shape index (κ1) is 9.64. The first-order valence-corrected chi connectivity index (χ1v) is 5.48. The fraction of sp³-hybridized carbons (Fsp3) is 0. The number of hydrogen-bond acceptors (Lipinski definition) is 3. The van der Waals surface area contributed by atoms with Gasteiger partial charge in [0.2, 0.25) is 0 Å². The predicted octanol–water partition coefficient (Wildman–Crippen LogP) is 2.20. The molecule has 1 aromatic carbocycles. The summed E-state index contributed by atoms with van der Waals surface area (Å²) in [7, 11) is 0.864. The maximum atomic E-state index is 10.4. The second kappa shape index (κ2) is 3.51. The zero-order valence-electron chi connectivity index (χ0n) is 5.70. The molecule has 0 saturated heterocycles. The second-order valence-electron chi connectivity index (χ2n) is 1.93. The second-order valence-corrected chi connectivity index (χ2v) is 4.45. The Kier molecular flexibility index (Phi) is 2.82. The van der Waals surface area contributed by atoms with Gasteiger partial charge in [0, 0.05) is 5.02 Å².